The number of benzene rings is 1. The SMILES string of the molecule is CN=C(NCCc1ccc2c(c1)CCO2)NCCN1CCC(C)CC1. The first kappa shape index (κ1) is 18.1. The number of guanidine groups is 1. The molecule has 138 valence electrons. The maximum absolute atomic E-state index is 5.56. The van der Waals surface area contributed by atoms with E-state index >= 15 is 0 Å². The predicted molar refractivity (Wildman–Crippen MR) is 104 cm³/mol. The van der Waals surface area contributed by atoms with Crippen molar-refractivity contribution < 1.29 is 4.74 Å². The lowest BCUT2D eigenvalue weighted by atomic mass is 9.99. The Hall–Kier alpha value is -1.75. The van der Waals surface area contributed by atoms with E-state index in [2.05, 4.69) is 45.6 Å². The van der Waals surface area contributed by atoms with Gasteiger partial charge in [0.25, 0.3) is 0 Å². The normalized spacial score (nSPS) is 18.7. The number of piperidine rings is 1. The van der Waals surface area contributed by atoms with Crippen LogP contribution in [0.25, 0.3) is 0 Å². The van der Waals surface area contributed by atoms with Gasteiger partial charge in [-0.15, -0.1) is 0 Å². The Labute approximate surface area is 151 Å². The topological polar surface area (TPSA) is 48.9 Å². The minimum absolute atomic E-state index is 0.823. The van der Waals surface area contributed by atoms with Crippen LogP contribution in [0, 0.1) is 5.92 Å². The second-order valence-corrected chi connectivity index (χ2v) is 7.24. The van der Waals surface area contributed by atoms with Gasteiger partial charge < -0.3 is 20.3 Å². The molecule has 0 atom stereocenters. The minimum atomic E-state index is 0.823. The van der Waals surface area contributed by atoms with Crippen molar-refractivity contribution in [1.29, 1.82) is 0 Å². The van der Waals surface area contributed by atoms with Crippen molar-refractivity contribution in [3.05, 3.63) is 29.3 Å². The zero-order chi connectivity index (χ0) is 17.5. The first-order chi connectivity index (χ1) is 12.2. The molecule has 0 saturated carbocycles. The molecule has 0 bridgehead atoms. The predicted octanol–water partition coefficient (Wildman–Crippen LogP) is 2.06. The molecular formula is C20H32N4O. The van der Waals surface area contributed by atoms with Gasteiger partial charge in [-0.2, -0.15) is 0 Å². The van der Waals surface area contributed by atoms with Gasteiger partial charge in [0.1, 0.15) is 5.75 Å². The number of nitrogens with one attached hydrogen (secondary N) is 2. The number of hydrogen-bond donors (Lipinski definition) is 2. The number of likely N-dealkylation sites (tertiary alicyclic amines) is 1. The molecule has 0 spiro atoms. The average molecular weight is 345 g/mol. The number of ether oxygens (including phenoxy) is 1. The molecule has 0 aromatic heterocycles. The Kier molecular flexibility index (Phi) is 6.56. The molecule has 25 heavy (non-hydrogen) atoms. The molecule has 5 heteroatoms. The fourth-order valence-electron chi connectivity index (χ4n) is 3.56. The van der Waals surface area contributed by atoms with Gasteiger partial charge in [-0.05, 0) is 55.5 Å². The van der Waals surface area contributed by atoms with E-state index in [-0.39, 0.29) is 0 Å². The largest absolute Gasteiger partial charge is 0.493 e. The van der Waals surface area contributed by atoms with E-state index in [4.69, 9.17) is 4.74 Å². The van der Waals surface area contributed by atoms with E-state index in [1.54, 1.807) is 0 Å². The summed E-state index contributed by atoms with van der Waals surface area (Å²) in [5.41, 5.74) is 2.70. The van der Waals surface area contributed by atoms with Gasteiger partial charge in [-0.1, -0.05) is 19.1 Å². The number of nitrogens with zero attached hydrogens (tertiary/aromatic N) is 2. The van der Waals surface area contributed by atoms with E-state index < -0.39 is 0 Å². The van der Waals surface area contributed by atoms with Crippen molar-refractivity contribution in [3.63, 3.8) is 0 Å². The van der Waals surface area contributed by atoms with Crippen LogP contribution in [-0.2, 0) is 12.8 Å². The third-order valence-electron chi connectivity index (χ3n) is 5.28. The number of rotatable bonds is 6. The molecule has 0 unspecified atom stereocenters. The highest BCUT2D eigenvalue weighted by Crippen LogP contribution is 2.25. The Morgan fingerprint density at radius 1 is 1.24 bits per heavy atom. The van der Waals surface area contributed by atoms with Gasteiger partial charge in [-0.25, -0.2) is 0 Å². The molecule has 1 saturated heterocycles. The zero-order valence-corrected chi connectivity index (χ0v) is 15.7. The average Bonchev–Trinajstić information content (AvgIpc) is 3.10. The molecule has 0 radical (unpaired) electrons. The van der Waals surface area contributed by atoms with Crippen molar-refractivity contribution >= 4 is 5.96 Å². The van der Waals surface area contributed by atoms with Gasteiger partial charge in [0.05, 0.1) is 6.61 Å². The highest BCUT2D eigenvalue weighted by Gasteiger charge is 2.15. The molecule has 1 fully saturated rings. The van der Waals surface area contributed by atoms with Gasteiger partial charge in [0.2, 0.25) is 0 Å². The fraction of sp³-hybridized carbons (Fsp3) is 0.650. The van der Waals surface area contributed by atoms with Crippen LogP contribution in [0.3, 0.4) is 0 Å². The molecule has 5 nitrogen and oxygen atoms in total. The lowest BCUT2D eigenvalue weighted by Gasteiger charge is -2.30. The third-order valence-corrected chi connectivity index (χ3v) is 5.28. The molecule has 3 rings (SSSR count). The van der Waals surface area contributed by atoms with E-state index in [1.807, 2.05) is 7.05 Å². The zero-order valence-electron chi connectivity index (χ0n) is 15.7. The van der Waals surface area contributed by atoms with Crippen LogP contribution in [-0.4, -0.2) is 57.2 Å². The summed E-state index contributed by atoms with van der Waals surface area (Å²) in [6, 6.07) is 6.54. The quantitative estimate of drug-likeness (QED) is 0.613. The third kappa shape index (κ3) is 5.36. The Bertz CT molecular complexity index is 579. The van der Waals surface area contributed by atoms with Crippen molar-refractivity contribution in [2.45, 2.75) is 32.6 Å². The summed E-state index contributed by atoms with van der Waals surface area (Å²) in [5, 5.41) is 6.85. The van der Waals surface area contributed by atoms with E-state index in [1.165, 1.54) is 37.1 Å². The van der Waals surface area contributed by atoms with Crippen LogP contribution < -0.4 is 15.4 Å². The van der Waals surface area contributed by atoms with Crippen LogP contribution in [0.4, 0.5) is 0 Å². The first-order valence-corrected chi connectivity index (χ1v) is 9.66. The summed E-state index contributed by atoms with van der Waals surface area (Å²) in [5.74, 6) is 2.85. The van der Waals surface area contributed by atoms with Crippen LogP contribution >= 0.6 is 0 Å². The summed E-state index contributed by atoms with van der Waals surface area (Å²) < 4.78 is 5.56. The van der Waals surface area contributed by atoms with Gasteiger partial charge >= 0.3 is 0 Å². The monoisotopic (exact) mass is 344 g/mol. The van der Waals surface area contributed by atoms with E-state index in [9.17, 15) is 0 Å². The van der Waals surface area contributed by atoms with Crippen LogP contribution in [0.5, 0.6) is 5.75 Å². The summed E-state index contributed by atoms with van der Waals surface area (Å²) in [6.45, 7) is 8.58. The second-order valence-electron chi connectivity index (χ2n) is 7.24. The Balaban J connectivity index is 1.34. The molecule has 2 aliphatic heterocycles. The summed E-state index contributed by atoms with van der Waals surface area (Å²) in [6.07, 6.45) is 4.70. The van der Waals surface area contributed by atoms with Gasteiger partial charge in [0, 0.05) is 33.1 Å². The smallest absolute Gasteiger partial charge is 0.191 e. The summed E-state index contributed by atoms with van der Waals surface area (Å²) >= 11 is 0. The van der Waals surface area contributed by atoms with Gasteiger partial charge in [0.15, 0.2) is 5.96 Å². The van der Waals surface area contributed by atoms with Crippen LogP contribution in [0.15, 0.2) is 23.2 Å². The lowest BCUT2D eigenvalue weighted by Crippen LogP contribution is -2.43. The number of fused-ring (bicyclic) bond motifs is 1. The standard InChI is InChI=1S/C20H32N4O/c1-16-6-11-24(12-7-16)13-10-23-20(21-2)22-9-5-17-3-4-19-18(15-17)8-14-25-19/h3-4,15-16H,5-14H2,1-2H3,(H2,21,22,23). The lowest BCUT2D eigenvalue weighted by molar-refractivity contribution is 0.195. The van der Waals surface area contributed by atoms with Crippen molar-refractivity contribution in [2.75, 3.05) is 46.4 Å². The number of aliphatic imine (C=N–C) groups is 1. The van der Waals surface area contributed by atoms with Gasteiger partial charge in [-0.3, -0.25) is 4.99 Å². The molecule has 2 aliphatic rings. The fourth-order valence-corrected chi connectivity index (χ4v) is 3.56. The van der Waals surface area contributed by atoms with Crippen molar-refractivity contribution in [1.82, 2.24) is 15.5 Å². The molecule has 2 heterocycles. The van der Waals surface area contributed by atoms with E-state index in [0.29, 0.717) is 0 Å². The molecule has 0 aliphatic carbocycles. The minimum Gasteiger partial charge on any atom is -0.493 e. The van der Waals surface area contributed by atoms with Crippen LogP contribution in [0.1, 0.15) is 30.9 Å². The molecule has 2 N–H and O–H groups in total. The second kappa shape index (κ2) is 9.09. The highest BCUT2D eigenvalue weighted by molar-refractivity contribution is 5.79. The maximum Gasteiger partial charge on any atom is 0.191 e. The molecule has 0 amide bonds. The summed E-state index contributed by atoms with van der Waals surface area (Å²) in [4.78, 5) is 6.88. The van der Waals surface area contributed by atoms with Crippen molar-refractivity contribution in [3.8, 4) is 5.75 Å². The highest BCUT2D eigenvalue weighted by atomic mass is 16.5. The Morgan fingerprint density at radius 2 is 2.04 bits per heavy atom. The first-order valence-electron chi connectivity index (χ1n) is 9.66. The molecule has 1 aromatic rings. The summed E-state index contributed by atoms with van der Waals surface area (Å²) in [7, 11) is 1.84. The van der Waals surface area contributed by atoms with Crippen molar-refractivity contribution in [2.24, 2.45) is 10.9 Å². The maximum atomic E-state index is 5.56. The Morgan fingerprint density at radius 3 is 2.84 bits per heavy atom. The molecular weight excluding hydrogens is 312 g/mol. The van der Waals surface area contributed by atoms with Crippen LogP contribution in [0.2, 0.25) is 0 Å². The number of hydrogen-bond acceptors (Lipinski definition) is 3. The van der Waals surface area contributed by atoms with E-state index in [0.717, 1.165) is 56.7 Å². The molecule has 1 aromatic carbocycles.